The van der Waals surface area contributed by atoms with Gasteiger partial charge in [0.15, 0.2) is 10.4 Å². The van der Waals surface area contributed by atoms with E-state index in [0.29, 0.717) is 17.1 Å². The van der Waals surface area contributed by atoms with E-state index in [1.54, 1.807) is 12.5 Å². The Morgan fingerprint density at radius 1 is 1.69 bits per heavy atom. The summed E-state index contributed by atoms with van der Waals surface area (Å²) < 4.78 is 14.5. The number of hydrogen-bond donors (Lipinski definition) is 1. The maximum Gasteiger partial charge on any atom is 0.179 e. The molecule has 1 atom stereocenters. The van der Waals surface area contributed by atoms with E-state index >= 15 is 0 Å². The van der Waals surface area contributed by atoms with Gasteiger partial charge in [-0.25, -0.2) is 4.98 Å². The highest BCUT2D eigenvalue weighted by atomic mass is 79.9. The van der Waals surface area contributed by atoms with Gasteiger partial charge in [0.25, 0.3) is 0 Å². The number of aromatic nitrogens is 3. The fourth-order valence-electron chi connectivity index (χ4n) is 1.45. The van der Waals surface area contributed by atoms with Gasteiger partial charge in [-0.1, -0.05) is 0 Å². The van der Waals surface area contributed by atoms with Crippen molar-refractivity contribution < 1.29 is 4.21 Å². The van der Waals surface area contributed by atoms with E-state index in [0.717, 1.165) is 15.6 Å². The van der Waals surface area contributed by atoms with Gasteiger partial charge in [-0.05, 0) is 34.2 Å². The molecule has 2 rings (SSSR count). The molecule has 86 valence electrons. The van der Waals surface area contributed by atoms with Gasteiger partial charge >= 0.3 is 0 Å². The first-order valence-corrected chi connectivity index (χ1v) is 7.55. The van der Waals surface area contributed by atoms with Crippen molar-refractivity contribution in [3.8, 4) is 0 Å². The molecular weight excluding hydrogens is 310 g/mol. The minimum absolute atomic E-state index is 0.582. The van der Waals surface area contributed by atoms with Gasteiger partial charge in [-0.15, -0.1) is 0 Å². The Morgan fingerprint density at radius 2 is 2.44 bits per heavy atom. The summed E-state index contributed by atoms with van der Waals surface area (Å²) in [5, 5.41) is 0. The summed E-state index contributed by atoms with van der Waals surface area (Å²) in [4.78, 5) is 7.38. The first-order chi connectivity index (χ1) is 7.58. The van der Waals surface area contributed by atoms with E-state index < -0.39 is 10.8 Å². The fraction of sp³-hybridized carbons (Fsp3) is 0.333. The summed E-state index contributed by atoms with van der Waals surface area (Å²) in [6.07, 6.45) is 3.41. The van der Waals surface area contributed by atoms with Crippen LogP contribution in [-0.2, 0) is 17.3 Å². The number of aromatic amines is 1. The monoisotopic (exact) mass is 319 g/mol. The van der Waals surface area contributed by atoms with Crippen LogP contribution in [0.2, 0.25) is 0 Å². The Hall–Kier alpha value is -0.530. The SMILES string of the molecule is CS(=O)CCn1c(=S)[nH]c2cc(Br)cnc21. The number of nitrogens with one attached hydrogen (secondary N) is 1. The molecule has 0 aromatic carbocycles. The number of fused-ring (bicyclic) bond motifs is 1. The molecule has 0 amide bonds. The predicted octanol–water partition coefficient (Wildman–Crippen LogP) is 2.23. The summed E-state index contributed by atoms with van der Waals surface area (Å²) in [6.45, 7) is 0.622. The zero-order valence-corrected chi connectivity index (χ0v) is 11.8. The number of H-pyrrole nitrogens is 1. The Kier molecular flexibility index (Phi) is 3.56. The third kappa shape index (κ3) is 2.41. The molecule has 2 heterocycles. The molecule has 0 aliphatic heterocycles. The van der Waals surface area contributed by atoms with Crippen LogP contribution >= 0.6 is 28.1 Å². The van der Waals surface area contributed by atoms with E-state index in [9.17, 15) is 4.21 Å². The molecule has 1 unspecified atom stereocenters. The third-order valence-electron chi connectivity index (χ3n) is 2.18. The number of nitrogens with zero attached hydrogens (tertiary/aromatic N) is 2. The molecule has 0 spiro atoms. The van der Waals surface area contributed by atoms with Crippen molar-refractivity contribution in [2.45, 2.75) is 6.54 Å². The van der Waals surface area contributed by atoms with Crippen LogP contribution in [0.4, 0.5) is 0 Å². The van der Waals surface area contributed by atoms with E-state index in [4.69, 9.17) is 12.2 Å². The lowest BCUT2D eigenvalue weighted by Gasteiger charge is -2.01. The quantitative estimate of drug-likeness (QED) is 0.883. The first-order valence-electron chi connectivity index (χ1n) is 4.62. The minimum atomic E-state index is -0.824. The Bertz CT molecular complexity index is 604. The Labute approximate surface area is 109 Å². The molecule has 2 aromatic rings. The highest BCUT2D eigenvalue weighted by Gasteiger charge is 2.06. The van der Waals surface area contributed by atoms with E-state index in [2.05, 4.69) is 25.9 Å². The van der Waals surface area contributed by atoms with Crippen molar-refractivity contribution in [3.05, 3.63) is 21.5 Å². The summed E-state index contributed by atoms with van der Waals surface area (Å²) in [7, 11) is -0.824. The van der Waals surface area contributed by atoms with Gasteiger partial charge < -0.3 is 9.55 Å². The zero-order valence-electron chi connectivity index (χ0n) is 8.57. The molecule has 0 radical (unpaired) electrons. The zero-order chi connectivity index (χ0) is 11.7. The molecule has 0 aliphatic carbocycles. The molecule has 2 aromatic heterocycles. The van der Waals surface area contributed by atoms with E-state index in [1.165, 1.54) is 0 Å². The maximum absolute atomic E-state index is 11.1. The number of pyridine rings is 1. The number of imidazole rings is 1. The van der Waals surface area contributed by atoms with Crippen LogP contribution in [-0.4, -0.2) is 30.8 Å². The first kappa shape index (κ1) is 11.9. The average molecular weight is 320 g/mol. The predicted molar refractivity (Wildman–Crippen MR) is 71.6 cm³/mol. The molecule has 1 N–H and O–H groups in total. The summed E-state index contributed by atoms with van der Waals surface area (Å²) in [5.74, 6) is 0.582. The van der Waals surface area contributed by atoms with Crippen LogP contribution in [0, 0.1) is 4.77 Å². The van der Waals surface area contributed by atoms with Crippen molar-refractivity contribution in [2.75, 3.05) is 12.0 Å². The highest BCUT2D eigenvalue weighted by molar-refractivity contribution is 9.10. The van der Waals surface area contributed by atoms with Crippen molar-refractivity contribution in [1.29, 1.82) is 0 Å². The minimum Gasteiger partial charge on any atom is -0.329 e. The third-order valence-corrected chi connectivity index (χ3v) is 3.69. The summed E-state index contributed by atoms with van der Waals surface area (Å²) >= 11 is 8.56. The largest absolute Gasteiger partial charge is 0.329 e. The average Bonchev–Trinajstić information content (AvgIpc) is 2.50. The maximum atomic E-state index is 11.1. The van der Waals surface area contributed by atoms with Gasteiger partial charge in [-0.2, -0.15) is 0 Å². The molecule has 0 saturated heterocycles. The molecule has 7 heteroatoms. The van der Waals surface area contributed by atoms with Gasteiger partial charge in [-0.3, -0.25) is 4.21 Å². The lowest BCUT2D eigenvalue weighted by atomic mass is 10.4. The van der Waals surface area contributed by atoms with Crippen LogP contribution in [0.5, 0.6) is 0 Å². The molecule has 4 nitrogen and oxygen atoms in total. The van der Waals surface area contributed by atoms with E-state index in [1.807, 2.05) is 10.6 Å². The molecule has 0 bridgehead atoms. The smallest absolute Gasteiger partial charge is 0.179 e. The molecule has 0 aliphatic rings. The van der Waals surface area contributed by atoms with Crippen molar-refractivity contribution in [3.63, 3.8) is 0 Å². The van der Waals surface area contributed by atoms with E-state index in [-0.39, 0.29) is 0 Å². The van der Waals surface area contributed by atoms with Gasteiger partial charge in [0.05, 0.1) is 5.52 Å². The number of hydrogen-bond acceptors (Lipinski definition) is 3. The second-order valence-corrected chi connectivity index (χ2v) is 6.24. The Morgan fingerprint density at radius 3 is 3.12 bits per heavy atom. The van der Waals surface area contributed by atoms with Gasteiger partial charge in [0, 0.05) is 40.0 Å². The number of rotatable bonds is 3. The number of halogens is 1. The van der Waals surface area contributed by atoms with Crippen LogP contribution in [0.25, 0.3) is 11.2 Å². The second-order valence-electron chi connectivity index (χ2n) is 3.38. The van der Waals surface area contributed by atoms with Crippen molar-refractivity contribution in [2.24, 2.45) is 0 Å². The fourth-order valence-corrected chi connectivity index (χ4v) is 2.50. The molecular formula is C9H10BrN3OS2. The molecule has 0 saturated carbocycles. The van der Waals surface area contributed by atoms with Crippen molar-refractivity contribution >= 4 is 50.1 Å². The topological polar surface area (TPSA) is 50.7 Å². The standard InChI is InChI=1S/C9H10BrN3OS2/c1-16(14)3-2-13-8-7(12-9(13)15)4-6(10)5-11-8/h4-5H,2-3H2,1H3,(H,12,15). The second kappa shape index (κ2) is 4.77. The van der Waals surface area contributed by atoms with Crippen LogP contribution < -0.4 is 0 Å². The Balaban J connectivity index is 2.48. The number of aryl methyl sites for hydroxylation is 1. The van der Waals surface area contributed by atoms with Gasteiger partial charge in [0.2, 0.25) is 0 Å². The summed E-state index contributed by atoms with van der Waals surface area (Å²) in [5.41, 5.74) is 1.69. The summed E-state index contributed by atoms with van der Waals surface area (Å²) in [6, 6.07) is 1.93. The van der Waals surface area contributed by atoms with Gasteiger partial charge in [0.1, 0.15) is 0 Å². The lowest BCUT2D eigenvalue weighted by Crippen LogP contribution is -2.06. The lowest BCUT2D eigenvalue weighted by molar-refractivity contribution is 0.678. The highest BCUT2D eigenvalue weighted by Crippen LogP contribution is 2.16. The molecule has 16 heavy (non-hydrogen) atoms. The molecule has 0 fully saturated rings. The van der Waals surface area contributed by atoms with Crippen molar-refractivity contribution in [1.82, 2.24) is 14.5 Å². The normalized spacial score (nSPS) is 13.1. The van der Waals surface area contributed by atoms with Crippen LogP contribution in [0.3, 0.4) is 0 Å². The van der Waals surface area contributed by atoms with Crippen LogP contribution in [0.1, 0.15) is 0 Å². The van der Waals surface area contributed by atoms with Crippen LogP contribution in [0.15, 0.2) is 16.7 Å².